The maximum atomic E-state index is 12.6. The molecule has 34 heavy (non-hydrogen) atoms. The molecule has 0 amide bonds. The van der Waals surface area contributed by atoms with E-state index in [4.69, 9.17) is 0 Å². The number of carbonyl (C=O) groups excluding carboxylic acids is 1. The molecule has 0 radical (unpaired) electrons. The van der Waals surface area contributed by atoms with E-state index in [0.29, 0.717) is 24.5 Å². The molecule has 3 aromatic rings. The summed E-state index contributed by atoms with van der Waals surface area (Å²) in [4.78, 5) is 15.0. The summed E-state index contributed by atoms with van der Waals surface area (Å²) < 4.78 is 0. The Morgan fingerprint density at radius 1 is 0.882 bits per heavy atom. The topological polar surface area (TPSA) is 40.5 Å². The Labute approximate surface area is 204 Å². The number of ketones is 1. The fourth-order valence-electron chi connectivity index (χ4n) is 5.22. The van der Waals surface area contributed by atoms with Gasteiger partial charge in [-0.3, -0.25) is 4.79 Å². The van der Waals surface area contributed by atoms with Crippen LogP contribution in [0.4, 0.5) is 0 Å². The molecular formula is C31H37NO2. The lowest BCUT2D eigenvalue weighted by molar-refractivity contribution is -0.118. The number of piperidine rings is 1. The molecular weight excluding hydrogens is 418 g/mol. The van der Waals surface area contributed by atoms with Gasteiger partial charge in [0, 0.05) is 19.4 Å². The average molecular weight is 456 g/mol. The first kappa shape index (κ1) is 24.4. The summed E-state index contributed by atoms with van der Waals surface area (Å²) in [7, 11) is 0. The van der Waals surface area contributed by atoms with E-state index >= 15 is 0 Å². The molecule has 1 fully saturated rings. The van der Waals surface area contributed by atoms with Crippen LogP contribution >= 0.6 is 0 Å². The van der Waals surface area contributed by atoms with Gasteiger partial charge in [-0.25, -0.2) is 0 Å². The van der Waals surface area contributed by atoms with Gasteiger partial charge in [0.1, 0.15) is 11.4 Å². The standard InChI is InChI=1S/C31H37NO2/c1-24(2)26-15-13-25(14-16-26)23-30(33)19-22-32-20-17-29(18-21-32)31(34,27-9-5-3-6-10-27)28-11-7-4-8-12-28/h3-16,24,29,34H,17-23H2,1-2H3. The van der Waals surface area contributed by atoms with E-state index in [0.717, 1.165) is 49.2 Å². The number of hydrogen-bond acceptors (Lipinski definition) is 3. The molecule has 4 rings (SSSR count). The zero-order valence-electron chi connectivity index (χ0n) is 20.5. The molecule has 0 bridgehead atoms. The van der Waals surface area contributed by atoms with Crippen molar-refractivity contribution in [2.75, 3.05) is 19.6 Å². The Kier molecular flexibility index (Phi) is 7.97. The van der Waals surface area contributed by atoms with Crippen LogP contribution in [0.3, 0.4) is 0 Å². The molecule has 0 aromatic heterocycles. The highest BCUT2D eigenvalue weighted by Gasteiger charge is 2.41. The Morgan fingerprint density at radius 2 is 1.41 bits per heavy atom. The first-order chi connectivity index (χ1) is 16.5. The van der Waals surface area contributed by atoms with Crippen LogP contribution in [0.1, 0.15) is 61.3 Å². The van der Waals surface area contributed by atoms with Crippen LogP contribution in [-0.2, 0) is 16.8 Å². The molecule has 3 nitrogen and oxygen atoms in total. The highest BCUT2D eigenvalue weighted by atomic mass is 16.3. The van der Waals surface area contributed by atoms with Crippen molar-refractivity contribution in [3.63, 3.8) is 0 Å². The summed E-state index contributed by atoms with van der Waals surface area (Å²) in [5, 5.41) is 12.0. The average Bonchev–Trinajstić information content (AvgIpc) is 2.88. The van der Waals surface area contributed by atoms with Crippen molar-refractivity contribution in [3.8, 4) is 0 Å². The third-order valence-electron chi connectivity index (χ3n) is 7.36. The van der Waals surface area contributed by atoms with Gasteiger partial charge in [-0.1, -0.05) is 98.8 Å². The second-order valence-electron chi connectivity index (χ2n) is 9.98. The first-order valence-electron chi connectivity index (χ1n) is 12.6. The van der Waals surface area contributed by atoms with Crippen molar-refractivity contribution in [1.29, 1.82) is 0 Å². The molecule has 1 N–H and O–H groups in total. The van der Waals surface area contributed by atoms with Crippen molar-refractivity contribution in [2.45, 2.75) is 51.0 Å². The lowest BCUT2D eigenvalue weighted by Crippen LogP contribution is -2.44. The third kappa shape index (κ3) is 5.65. The minimum atomic E-state index is -0.993. The van der Waals surface area contributed by atoms with Crippen molar-refractivity contribution in [2.24, 2.45) is 5.92 Å². The van der Waals surface area contributed by atoms with E-state index < -0.39 is 5.60 Å². The van der Waals surface area contributed by atoms with Crippen LogP contribution in [0.5, 0.6) is 0 Å². The Bertz CT molecular complexity index is 996. The van der Waals surface area contributed by atoms with Gasteiger partial charge in [-0.15, -0.1) is 0 Å². The van der Waals surface area contributed by atoms with E-state index in [1.165, 1.54) is 5.56 Å². The number of rotatable bonds is 9. The summed E-state index contributed by atoms with van der Waals surface area (Å²) in [5.74, 6) is 0.947. The van der Waals surface area contributed by atoms with Crippen molar-refractivity contribution in [3.05, 3.63) is 107 Å². The van der Waals surface area contributed by atoms with E-state index in [1.54, 1.807) is 0 Å². The van der Waals surface area contributed by atoms with Crippen LogP contribution in [0, 0.1) is 5.92 Å². The molecule has 1 aliphatic heterocycles. The van der Waals surface area contributed by atoms with E-state index in [1.807, 2.05) is 60.7 Å². The van der Waals surface area contributed by atoms with Crippen molar-refractivity contribution >= 4 is 5.78 Å². The van der Waals surface area contributed by atoms with E-state index in [-0.39, 0.29) is 5.92 Å². The fraction of sp³-hybridized carbons (Fsp3) is 0.387. The van der Waals surface area contributed by atoms with Gasteiger partial charge in [0.15, 0.2) is 0 Å². The zero-order valence-corrected chi connectivity index (χ0v) is 20.5. The Hall–Kier alpha value is -2.75. The minimum absolute atomic E-state index is 0.142. The summed E-state index contributed by atoms with van der Waals surface area (Å²) in [5.41, 5.74) is 3.33. The number of carbonyl (C=O) groups is 1. The van der Waals surface area contributed by atoms with E-state index in [9.17, 15) is 9.90 Å². The van der Waals surface area contributed by atoms with Gasteiger partial charge < -0.3 is 10.0 Å². The molecule has 1 heterocycles. The first-order valence-corrected chi connectivity index (χ1v) is 12.6. The zero-order chi connectivity index (χ0) is 24.0. The molecule has 0 unspecified atom stereocenters. The maximum absolute atomic E-state index is 12.6. The highest BCUT2D eigenvalue weighted by Crippen LogP contribution is 2.41. The monoisotopic (exact) mass is 455 g/mol. The molecule has 0 aliphatic carbocycles. The van der Waals surface area contributed by atoms with Crippen molar-refractivity contribution in [1.82, 2.24) is 4.90 Å². The molecule has 1 aliphatic rings. The van der Waals surface area contributed by atoms with Gasteiger partial charge >= 0.3 is 0 Å². The number of Topliss-reactive ketones (excluding diaryl/α,β-unsaturated/α-hetero) is 1. The largest absolute Gasteiger partial charge is 0.380 e. The smallest absolute Gasteiger partial charge is 0.138 e. The SMILES string of the molecule is CC(C)c1ccc(CC(=O)CCN2CCC(C(O)(c3ccccc3)c3ccccc3)CC2)cc1. The van der Waals surface area contributed by atoms with Gasteiger partial charge in [0.2, 0.25) is 0 Å². The minimum Gasteiger partial charge on any atom is -0.380 e. The van der Waals surface area contributed by atoms with Gasteiger partial charge in [-0.05, 0) is 60.0 Å². The molecule has 0 saturated carbocycles. The maximum Gasteiger partial charge on any atom is 0.138 e. The molecule has 3 heteroatoms. The van der Waals surface area contributed by atoms with Crippen LogP contribution in [0.2, 0.25) is 0 Å². The molecule has 0 spiro atoms. The fourth-order valence-corrected chi connectivity index (χ4v) is 5.22. The van der Waals surface area contributed by atoms with Gasteiger partial charge in [0.05, 0.1) is 0 Å². The highest BCUT2D eigenvalue weighted by molar-refractivity contribution is 5.81. The van der Waals surface area contributed by atoms with Crippen LogP contribution in [-0.4, -0.2) is 35.4 Å². The van der Waals surface area contributed by atoms with Gasteiger partial charge in [-0.2, -0.15) is 0 Å². The molecule has 1 saturated heterocycles. The molecule has 3 aromatic carbocycles. The van der Waals surface area contributed by atoms with Crippen LogP contribution in [0.25, 0.3) is 0 Å². The normalized spacial score (nSPS) is 15.5. The predicted molar refractivity (Wildman–Crippen MR) is 139 cm³/mol. The van der Waals surface area contributed by atoms with Gasteiger partial charge in [0.25, 0.3) is 0 Å². The molecule has 0 atom stereocenters. The van der Waals surface area contributed by atoms with Crippen molar-refractivity contribution < 1.29 is 9.90 Å². The second-order valence-corrected chi connectivity index (χ2v) is 9.98. The number of benzene rings is 3. The second kappa shape index (κ2) is 11.1. The quantitative estimate of drug-likeness (QED) is 0.433. The Morgan fingerprint density at radius 3 is 1.91 bits per heavy atom. The third-order valence-corrected chi connectivity index (χ3v) is 7.36. The summed E-state index contributed by atoms with van der Waals surface area (Å²) >= 11 is 0. The number of likely N-dealkylation sites (tertiary alicyclic amines) is 1. The van der Waals surface area contributed by atoms with E-state index in [2.05, 4.69) is 43.0 Å². The predicted octanol–water partition coefficient (Wildman–Crippen LogP) is 5.96. The summed E-state index contributed by atoms with van der Waals surface area (Å²) in [6.45, 7) is 6.98. The van der Waals surface area contributed by atoms with Crippen LogP contribution in [0.15, 0.2) is 84.9 Å². The Balaban J connectivity index is 1.33. The van der Waals surface area contributed by atoms with Crippen LogP contribution < -0.4 is 0 Å². The summed E-state index contributed by atoms with van der Waals surface area (Å²) in [6, 6.07) is 28.6. The number of aliphatic hydroxyl groups is 1. The summed E-state index contributed by atoms with van der Waals surface area (Å²) in [6.07, 6.45) is 2.91. The molecule has 178 valence electrons. The lowest BCUT2D eigenvalue weighted by atomic mass is 9.72. The lowest BCUT2D eigenvalue weighted by Gasteiger charge is -2.42. The number of nitrogens with zero attached hydrogens (tertiary/aromatic N) is 1. The number of hydrogen-bond donors (Lipinski definition) is 1.